The van der Waals surface area contributed by atoms with Gasteiger partial charge in [0.2, 0.25) is 27.8 Å². The van der Waals surface area contributed by atoms with E-state index in [4.69, 9.17) is 4.42 Å². The van der Waals surface area contributed by atoms with Gasteiger partial charge in [0.15, 0.2) is 0 Å². The average Bonchev–Trinajstić information content (AvgIpc) is 3.46. The molecule has 0 radical (unpaired) electrons. The van der Waals surface area contributed by atoms with Crippen molar-refractivity contribution in [3.8, 4) is 0 Å². The van der Waals surface area contributed by atoms with Crippen LogP contribution in [0.15, 0.2) is 57.8 Å². The summed E-state index contributed by atoms with van der Waals surface area (Å²) in [7, 11) is -3.67. The van der Waals surface area contributed by atoms with Gasteiger partial charge in [-0.3, -0.25) is 0 Å². The normalized spacial score (nSPS) is 19.2. The molecule has 1 saturated carbocycles. The predicted octanol–water partition coefficient (Wildman–Crippen LogP) is 4.99. The summed E-state index contributed by atoms with van der Waals surface area (Å²) in [5, 5.41) is 11.6. The summed E-state index contributed by atoms with van der Waals surface area (Å²) in [5.41, 5.74) is 2.05. The minimum Gasteiger partial charge on any atom is -0.424 e. The van der Waals surface area contributed by atoms with Gasteiger partial charge in [0.05, 0.1) is 15.9 Å². The molecule has 2 heterocycles. The van der Waals surface area contributed by atoms with Crippen molar-refractivity contribution < 1.29 is 12.8 Å². The lowest BCUT2D eigenvalue weighted by Gasteiger charge is -2.27. The third-order valence-electron chi connectivity index (χ3n) is 6.28. The van der Waals surface area contributed by atoms with Crippen LogP contribution < -0.4 is 10.0 Å². The molecule has 2 aromatic heterocycles. The monoisotopic (exact) mass is 494 g/mol. The van der Waals surface area contributed by atoms with Crippen LogP contribution >= 0.6 is 0 Å². The van der Waals surface area contributed by atoms with Gasteiger partial charge in [0.1, 0.15) is 0 Å². The van der Waals surface area contributed by atoms with Gasteiger partial charge in [0.25, 0.3) is 0 Å². The fraction of sp³-hybridized carbons (Fsp3) is 0.400. The maximum Gasteiger partial charge on any atom is 0.240 e. The number of nitrogens with one attached hydrogen (secondary N) is 3. The Bertz CT molecular complexity index is 1410. The fourth-order valence-corrected chi connectivity index (χ4v) is 5.64. The van der Waals surface area contributed by atoms with Crippen molar-refractivity contribution in [2.75, 3.05) is 5.32 Å². The predicted molar refractivity (Wildman–Crippen MR) is 134 cm³/mol. The largest absolute Gasteiger partial charge is 0.424 e. The number of rotatable bonds is 6. The van der Waals surface area contributed by atoms with E-state index in [1.54, 1.807) is 18.2 Å². The van der Waals surface area contributed by atoms with E-state index in [0.29, 0.717) is 36.1 Å². The van der Waals surface area contributed by atoms with Crippen LogP contribution in [0, 0.1) is 0 Å². The second-order valence-corrected chi connectivity index (χ2v) is 11.8. The van der Waals surface area contributed by atoms with Crippen molar-refractivity contribution in [1.82, 2.24) is 24.9 Å². The van der Waals surface area contributed by atoms with Crippen LogP contribution in [0.1, 0.15) is 64.2 Å². The van der Waals surface area contributed by atoms with Gasteiger partial charge in [-0.1, -0.05) is 39.0 Å². The molecule has 0 aliphatic heterocycles. The number of sulfonamides is 1. The lowest BCUT2D eigenvalue weighted by atomic mass is 9.86. The summed E-state index contributed by atoms with van der Waals surface area (Å²) >= 11 is 0. The molecule has 4 aromatic rings. The highest BCUT2D eigenvalue weighted by Crippen LogP contribution is 2.34. The lowest BCUT2D eigenvalue weighted by molar-refractivity contribution is 0.304. The number of anilines is 2. The number of hydrogen-bond acceptors (Lipinski definition) is 7. The highest BCUT2D eigenvalue weighted by molar-refractivity contribution is 7.89. The van der Waals surface area contributed by atoms with Crippen molar-refractivity contribution in [3.63, 3.8) is 0 Å². The number of H-pyrrole nitrogens is 1. The summed E-state index contributed by atoms with van der Waals surface area (Å²) in [6, 6.07) is 14.5. The van der Waals surface area contributed by atoms with Gasteiger partial charge in [-0.15, -0.1) is 10.2 Å². The molecule has 10 heteroatoms. The molecule has 0 amide bonds. The molecule has 2 aromatic carbocycles. The minimum atomic E-state index is -3.67. The Morgan fingerprint density at radius 3 is 2.43 bits per heavy atom. The number of benzene rings is 2. The van der Waals surface area contributed by atoms with Crippen molar-refractivity contribution in [1.29, 1.82) is 0 Å². The zero-order valence-electron chi connectivity index (χ0n) is 20.1. The molecule has 0 unspecified atom stereocenters. The summed E-state index contributed by atoms with van der Waals surface area (Å²) in [6.45, 7) is 6.12. The van der Waals surface area contributed by atoms with E-state index in [1.807, 2.05) is 51.1 Å². The van der Waals surface area contributed by atoms with Crippen molar-refractivity contribution in [2.45, 2.75) is 68.7 Å². The Morgan fingerprint density at radius 1 is 1.00 bits per heavy atom. The SMILES string of the molecule is CC(C)(C)c1nnc([C@H]2CC[C@H](NS(=O)(=O)c3ccc4[nH]c(Nc5ccccc5)nc4c3)CC2)o1. The standard InChI is InChI=1S/C25H30N6O3S/c1-25(2,3)23-30-29-22(34-23)16-9-11-18(12-10-16)31-35(32,33)19-13-14-20-21(15-19)28-24(27-20)26-17-7-5-4-6-8-17/h4-8,13-16,18,31H,9-12H2,1-3H3,(H2,26,27,28)/t16-,18-. The number of aromatic amines is 1. The van der Waals surface area contributed by atoms with E-state index in [2.05, 4.69) is 30.2 Å². The van der Waals surface area contributed by atoms with Crippen molar-refractivity contribution >= 4 is 32.7 Å². The van der Waals surface area contributed by atoms with Crippen LogP contribution in [0.4, 0.5) is 11.6 Å². The molecule has 3 N–H and O–H groups in total. The molecule has 1 aliphatic rings. The number of para-hydroxylation sites is 1. The Kier molecular flexibility index (Phi) is 6.10. The van der Waals surface area contributed by atoms with Crippen molar-refractivity contribution in [2.24, 2.45) is 0 Å². The summed E-state index contributed by atoms with van der Waals surface area (Å²) in [4.78, 5) is 7.89. The van der Waals surface area contributed by atoms with E-state index in [1.165, 1.54) is 0 Å². The molecule has 0 bridgehead atoms. The third-order valence-corrected chi connectivity index (χ3v) is 7.80. The second kappa shape index (κ2) is 9.09. The first kappa shape index (κ1) is 23.5. The number of aromatic nitrogens is 4. The molecular formula is C25H30N6O3S. The first-order valence-corrected chi connectivity index (χ1v) is 13.3. The lowest BCUT2D eigenvalue weighted by Crippen LogP contribution is -2.37. The number of fused-ring (bicyclic) bond motifs is 1. The Morgan fingerprint density at radius 2 is 1.74 bits per heavy atom. The number of nitrogens with zero attached hydrogens (tertiary/aromatic N) is 3. The van der Waals surface area contributed by atoms with Crippen LogP contribution in [0.5, 0.6) is 0 Å². The highest BCUT2D eigenvalue weighted by Gasteiger charge is 2.30. The fourth-order valence-electron chi connectivity index (χ4n) is 4.32. The quantitative estimate of drug-likeness (QED) is 0.345. The van der Waals surface area contributed by atoms with Gasteiger partial charge in [-0.2, -0.15) is 0 Å². The first-order valence-electron chi connectivity index (χ1n) is 11.9. The van der Waals surface area contributed by atoms with E-state index in [-0.39, 0.29) is 22.3 Å². The Labute approximate surface area is 204 Å². The number of imidazole rings is 1. The van der Waals surface area contributed by atoms with Gasteiger partial charge in [-0.05, 0) is 56.0 Å². The van der Waals surface area contributed by atoms with E-state index < -0.39 is 10.0 Å². The summed E-state index contributed by atoms with van der Waals surface area (Å²) in [6.07, 6.45) is 3.03. The molecule has 1 fully saturated rings. The Hall–Kier alpha value is -3.24. The van der Waals surface area contributed by atoms with Gasteiger partial charge >= 0.3 is 0 Å². The smallest absolute Gasteiger partial charge is 0.240 e. The molecule has 5 rings (SSSR count). The maximum absolute atomic E-state index is 13.1. The van der Waals surface area contributed by atoms with Crippen molar-refractivity contribution in [3.05, 3.63) is 60.3 Å². The van der Waals surface area contributed by atoms with Gasteiger partial charge in [-0.25, -0.2) is 18.1 Å². The molecular weight excluding hydrogens is 464 g/mol. The molecule has 0 saturated heterocycles. The summed E-state index contributed by atoms with van der Waals surface area (Å²) in [5.74, 6) is 2.00. The van der Waals surface area contributed by atoms with Crippen LogP contribution in [0.2, 0.25) is 0 Å². The van der Waals surface area contributed by atoms with Crippen LogP contribution in [-0.4, -0.2) is 34.6 Å². The van der Waals surface area contributed by atoms with Crippen LogP contribution in [-0.2, 0) is 15.4 Å². The van der Waals surface area contributed by atoms with Gasteiger partial charge in [0, 0.05) is 23.1 Å². The van der Waals surface area contributed by atoms with E-state index in [0.717, 1.165) is 24.0 Å². The Balaban J connectivity index is 1.23. The molecule has 9 nitrogen and oxygen atoms in total. The molecule has 184 valence electrons. The maximum atomic E-state index is 13.1. The molecule has 0 atom stereocenters. The summed E-state index contributed by atoms with van der Waals surface area (Å²) < 4.78 is 35.0. The minimum absolute atomic E-state index is 0.133. The van der Waals surface area contributed by atoms with E-state index >= 15 is 0 Å². The van der Waals surface area contributed by atoms with Crippen LogP contribution in [0.3, 0.4) is 0 Å². The average molecular weight is 495 g/mol. The molecule has 35 heavy (non-hydrogen) atoms. The molecule has 1 aliphatic carbocycles. The van der Waals surface area contributed by atoms with Crippen LogP contribution in [0.25, 0.3) is 11.0 Å². The van der Waals surface area contributed by atoms with Gasteiger partial charge < -0.3 is 14.7 Å². The number of hydrogen-bond donors (Lipinski definition) is 3. The third kappa shape index (κ3) is 5.23. The highest BCUT2D eigenvalue weighted by atomic mass is 32.2. The first-order chi connectivity index (χ1) is 16.7. The zero-order chi connectivity index (χ0) is 24.6. The second-order valence-electron chi connectivity index (χ2n) is 10.1. The van der Waals surface area contributed by atoms with E-state index in [9.17, 15) is 8.42 Å². The molecule has 0 spiro atoms. The topological polar surface area (TPSA) is 126 Å². The zero-order valence-corrected chi connectivity index (χ0v) is 20.9.